The molecule has 0 aromatic rings. The summed E-state index contributed by atoms with van der Waals surface area (Å²) in [7, 11) is 1.24. The molecule has 0 aromatic heterocycles. The molecular formula is C76H137N2O6P. The second-order valence-electron chi connectivity index (χ2n) is 25.2. The van der Waals surface area contributed by atoms with Crippen molar-refractivity contribution < 1.29 is 32.9 Å². The number of allylic oxidation sites excluding steroid dienone is 17. The molecule has 2 N–H and O–H groups in total. The Labute approximate surface area is 527 Å². The van der Waals surface area contributed by atoms with Crippen molar-refractivity contribution in [1.29, 1.82) is 0 Å². The van der Waals surface area contributed by atoms with Crippen molar-refractivity contribution in [1.82, 2.24) is 5.32 Å². The van der Waals surface area contributed by atoms with Gasteiger partial charge in [0.2, 0.25) is 5.91 Å². The summed E-state index contributed by atoms with van der Waals surface area (Å²) in [5, 5.41) is 14.0. The average Bonchev–Trinajstić information content (AvgIpc) is 3.49. The van der Waals surface area contributed by atoms with E-state index >= 15 is 0 Å². The second kappa shape index (κ2) is 65.6. The summed E-state index contributed by atoms with van der Waals surface area (Å²) in [6.07, 6.45) is 96.4. The number of nitrogens with one attached hydrogen (secondary N) is 1. The van der Waals surface area contributed by atoms with Gasteiger partial charge in [-0.1, -0.05) is 335 Å². The third kappa shape index (κ3) is 68.5. The summed E-state index contributed by atoms with van der Waals surface area (Å²) in [4.78, 5) is 25.6. The Bertz CT molecular complexity index is 1760. The molecule has 85 heavy (non-hydrogen) atoms. The van der Waals surface area contributed by atoms with E-state index in [1.807, 2.05) is 27.2 Å². The Morgan fingerprint density at radius 1 is 0.424 bits per heavy atom. The number of phosphoric acid groups is 1. The van der Waals surface area contributed by atoms with Crippen LogP contribution in [0, 0.1) is 0 Å². The molecule has 0 aliphatic carbocycles. The second-order valence-corrected chi connectivity index (χ2v) is 26.6. The Morgan fingerprint density at radius 2 is 0.718 bits per heavy atom. The third-order valence-electron chi connectivity index (χ3n) is 15.7. The van der Waals surface area contributed by atoms with Crippen LogP contribution in [0.3, 0.4) is 0 Å². The first-order chi connectivity index (χ1) is 41.5. The molecule has 3 atom stereocenters. The minimum Gasteiger partial charge on any atom is -0.756 e. The molecular weight excluding hydrogens is 1070 g/mol. The fraction of sp³-hybridized carbons (Fsp3) is 0.750. The number of nitrogens with zero attached hydrogens (tertiary/aromatic N) is 1. The SMILES string of the molecule is CC/C=C\C/C=C\C/C=C\C/C=C\C/C=C\C/C=C\C/C=C\C/C=C\CCCCCCCCC(=O)NC(COP(=O)([O-])OCC[N+](C)(C)C)C(O)/C=C/CCCCCCCCCCCCCCCCCCCCCCCCCCCCCCCC. The van der Waals surface area contributed by atoms with E-state index in [1.54, 1.807) is 6.08 Å². The molecule has 9 heteroatoms. The average molecular weight is 1210 g/mol. The highest BCUT2D eigenvalue weighted by molar-refractivity contribution is 7.45. The maximum absolute atomic E-state index is 13.0. The van der Waals surface area contributed by atoms with Gasteiger partial charge in [0.15, 0.2) is 0 Å². The lowest BCUT2D eigenvalue weighted by atomic mass is 10.0. The number of hydrogen-bond acceptors (Lipinski definition) is 6. The van der Waals surface area contributed by atoms with Crippen molar-refractivity contribution in [2.24, 2.45) is 0 Å². The van der Waals surface area contributed by atoms with Crippen LogP contribution >= 0.6 is 7.82 Å². The van der Waals surface area contributed by atoms with E-state index < -0.39 is 26.6 Å². The molecule has 8 nitrogen and oxygen atoms in total. The quantitative estimate of drug-likeness (QED) is 0.0272. The number of carbonyl (C=O) groups is 1. The van der Waals surface area contributed by atoms with Crippen molar-refractivity contribution in [2.75, 3.05) is 40.9 Å². The molecule has 3 unspecified atom stereocenters. The van der Waals surface area contributed by atoms with Gasteiger partial charge in [-0.15, -0.1) is 0 Å². The molecule has 0 spiro atoms. The fourth-order valence-corrected chi connectivity index (χ4v) is 11.0. The van der Waals surface area contributed by atoms with E-state index in [-0.39, 0.29) is 12.5 Å². The van der Waals surface area contributed by atoms with Crippen molar-refractivity contribution in [3.63, 3.8) is 0 Å². The van der Waals surface area contributed by atoms with E-state index in [2.05, 4.69) is 116 Å². The molecule has 0 aromatic carbocycles. The number of rotatable bonds is 65. The number of likely N-dealkylation sites (N-methyl/N-ethyl adjacent to an activating group) is 1. The number of quaternary nitrogens is 1. The molecule has 1 amide bonds. The summed E-state index contributed by atoms with van der Waals surface area (Å²) in [6.45, 7) is 4.55. The molecule has 492 valence electrons. The van der Waals surface area contributed by atoms with Crippen molar-refractivity contribution >= 4 is 13.7 Å². The van der Waals surface area contributed by atoms with Crippen molar-refractivity contribution in [3.05, 3.63) is 109 Å². The Morgan fingerprint density at radius 3 is 1.05 bits per heavy atom. The van der Waals surface area contributed by atoms with Crippen LogP contribution in [0.25, 0.3) is 0 Å². The van der Waals surface area contributed by atoms with Crippen LogP contribution in [0.2, 0.25) is 0 Å². The number of aliphatic hydroxyl groups excluding tert-OH is 1. The van der Waals surface area contributed by atoms with E-state index in [0.717, 1.165) is 109 Å². The predicted octanol–water partition coefficient (Wildman–Crippen LogP) is 22.4. The van der Waals surface area contributed by atoms with Crippen LogP contribution in [-0.2, 0) is 18.4 Å². The number of unbranched alkanes of at least 4 members (excludes halogenated alkanes) is 36. The molecule has 0 heterocycles. The zero-order chi connectivity index (χ0) is 61.9. The Hall–Kier alpha value is -2.84. The van der Waals surface area contributed by atoms with Gasteiger partial charge in [-0.2, -0.15) is 0 Å². The highest BCUT2D eigenvalue weighted by Crippen LogP contribution is 2.38. The summed E-state index contributed by atoms with van der Waals surface area (Å²) in [6, 6.07) is -0.905. The number of amides is 1. The summed E-state index contributed by atoms with van der Waals surface area (Å²) in [5.41, 5.74) is 0. The van der Waals surface area contributed by atoms with Gasteiger partial charge in [0.1, 0.15) is 13.2 Å². The monoisotopic (exact) mass is 1210 g/mol. The number of aliphatic hydroxyl groups is 1. The van der Waals surface area contributed by atoms with E-state index in [9.17, 15) is 19.4 Å². The van der Waals surface area contributed by atoms with Crippen molar-refractivity contribution in [2.45, 2.75) is 328 Å². The van der Waals surface area contributed by atoms with Gasteiger partial charge >= 0.3 is 0 Å². The van der Waals surface area contributed by atoms with E-state index in [4.69, 9.17) is 9.05 Å². The first-order valence-electron chi connectivity index (χ1n) is 35.7. The summed E-state index contributed by atoms with van der Waals surface area (Å²) < 4.78 is 23.5. The summed E-state index contributed by atoms with van der Waals surface area (Å²) in [5.74, 6) is -0.213. The molecule has 0 saturated heterocycles. The van der Waals surface area contributed by atoms with Gasteiger partial charge < -0.3 is 28.8 Å². The normalized spacial score (nSPS) is 14.3. The van der Waals surface area contributed by atoms with Gasteiger partial charge in [-0.3, -0.25) is 9.36 Å². The number of carbonyl (C=O) groups excluding carboxylic acids is 1. The van der Waals surface area contributed by atoms with Crippen LogP contribution in [0.5, 0.6) is 0 Å². The van der Waals surface area contributed by atoms with Gasteiger partial charge in [-0.05, 0) is 83.5 Å². The van der Waals surface area contributed by atoms with Crippen LogP contribution in [-0.4, -0.2) is 68.5 Å². The minimum absolute atomic E-state index is 0.00933. The van der Waals surface area contributed by atoms with Gasteiger partial charge in [0.05, 0.1) is 39.9 Å². The Kier molecular flexibility index (Phi) is 63.4. The highest BCUT2D eigenvalue weighted by Gasteiger charge is 2.23. The largest absolute Gasteiger partial charge is 0.756 e. The lowest BCUT2D eigenvalue weighted by Gasteiger charge is -2.29. The molecule has 0 fully saturated rings. The van der Waals surface area contributed by atoms with Gasteiger partial charge in [0.25, 0.3) is 7.82 Å². The van der Waals surface area contributed by atoms with E-state index in [1.165, 1.54) is 186 Å². The van der Waals surface area contributed by atoms with Crippen LogP contribution in [0.1, 0.15) is 316 Å². The minimum atomic E-state index is -4.62. The maximum Gasteiger partial charge on any atom is 0.268 e. The Balaban J connectivity index is 4.14. The fourth-order valence-electron chi connectivity index (χ4n) is 10.2. The van der Waals surface area contributed by atoms with E-state index in [0.29, 0.717) is 17.4 Å². The highest BCUT2D eigenvalue weighted by atomic mass is 31.2. The van der Waals surface area contributed by atoms with Crippen LogP contribution < -0.4 is 10.2 Å². The smallest absolute Gasteiger partial charge is 0.268 e. The third-order valence-corrected chi connectivity index (χ3v) is 16.7. The standard InChI is InChI=1S/C76H137N2O6P/c1-6-8-10-12-14-16-18-20-22-24-26-28-30-32-34-36-38-40-41-43-45-47-49-51-53-55-57-59-61-63-65-67-69-75(79)74(73-84-85(81,82)83-72-71-78(3,4)5)77-76(80)70-68-66-64-62-60-58-56-54-52-50-48-46-44-42-39-37-35-33-31-29-27-25-23-21-19-17-15-13-11-9-7-2/h9,11,15,17,21,23,27,29,33,35,39,42,46,48,52,54,67,69,74-75,79H,6-8,10,12-14,16,18-20,22,24-26,28,30-32,34,36-38,40-41,43-45,47,49-51,53,55-66,68,70-73H2,1-5H3,(H-,77,80,81,82)/b11-9-,17-15-,23-21-,29-27-,35-33-,42-39-,48-46-,54-52-,69-67+. The topological polar surface area (TPSA) is 108 Å². The molecule has 0 aliphatic rings. The lowest BCUT2D eigenvalue weighted by molar-refractivity contribution is -0.870. The molecule has 0 rings (SSSR count). The molecule has 0 saturated carbocycles. The molecule has 0 aliphatic heterocycles. The first-order valence-corrected chi connectivity index (χ1v) is 37.2. The maximum atomic E-state index is 13.0. The number of phosphoric ester groups is 1. The number of hydrogen-bond donors (Lipinski definition) is 2. The zero-order valence-electron chi connectivity index (χ0n) is 56.3. The van der Waals surface area contributed by atoms with Gasteiger partial charge in [-0.25, -0.2) is 0 Å². The van der Waals surface area contributed by atoms with Gasteiger partial charge in [0, 0.05) is 6.42 Å². The first kappa shape index (κ1) is 82.2. The lowest BCUT2D eigenvalue weighted by Crippen LogP contribution is -2.45. The summed E-state index contributed by atoms with van der Waals surface area (Å²) >= 11 is 0. The van der Waals surface area contributed by atoms with Crippen LogP contribution in [0.4, 0.5) is 0 Å². The van der Waals surface area contributed by atoms with Crippen LogP contribution in [0.15, 0.2) is 109 Å². The zero-order valence-corrected chi connectivity index (χ0v) is 57.2. The molecule has 0 radical (unpaired) electrons. The predicted molar refractivity (Wildman–Crippen MR) is 371 cm³/mol. The van der Waals surface area contributed by atoms with Crippen molar-refractivity contribution in [3.8, 4) is 0 Å². The molecule has 0 bridgehead atoms.